The summed E-state index contributed by atoms with van der Waals surface area (Å²) in [5.74, 6) is 0.669. The molecule has 92 valence electrons. The van der Waals surface area contributed by atoms with E-state index in [4.69, 9.17) is 19.0 Å². The van der Waals surface area contributed by atoms with Gasteiger partial charge in [-0.05, 0) is 25.1 Å². The van der Waals surface area contributed by atoms with Crippen LogP contribution in [0.25, 0.3) is 11.5 Å². The highest BCUT2D eigenvalue weighted by Gasteiger charge is 2.19. The molecule has 0 bridgehead atoms. The molecule has 3 rings (SSSR count). The van der Waals surface area contributed by atoms with Gasteiger partial charge < -0.3 is 19.0 Å². The van der Waals surface area contributed by atoms with Crippen molar-refractivity contribution in [3.8, 4) is 23.0 Å². The minimum atomic E-state index is -1.11. The molecule has 6 nitrogen and oxygen atoms in total. The molecule has 0 amide bonds. The van der Waals surface area contributed by atoms with Crippen molar-refractivity contribution in [2.75, 3.05) is 6.79 Å². The van der Waals surface area contributed by atoms with E-state index < -0.39 is 5.97 Å². The van der Waals surface area contributed by atoms with Gasteiger partial charge in [-0.25, -0.2) is 9.78 Å². The Labute approximate surface area is 102 Å². The predicted molar refractivity (Wildman–Crippen MR) is 59.8 cm³/mol. The van der Waals surface area contributed by atoms with E-state index in [0.717, 1.165) is 0 Å². The molecule has 1 aliphatic heterocycles. The number of benzene rings is 1. The number of oxazole rings is 1. The fourth-order valence-electron chi connectivity index (χ4n) is 1.75. The number of ether oxygens (including phenoxy) is 2. The highest BCUT2D eigenvalue weighted by Crippen LogP contribution is 2.35. The zero-order valence-corrected chi connectivity index (χ0v) is 9.47. The summed E-state index contributed by atoms with van der Waals surface area (Å²) in [4.78, 5) is 14.8. The average Bonchev–Trinajstić information content (AvgIpc) is 2.93. The van der Waals surface area contributed by atoms with Crippen molar-refractivity contribution in [3.05, 3.63) is 29.7 Å². The second kappa shape index (κ2) is 3.76. The number of hydrogen-bond donors (Lipinski definition) is 1. The van der Waals surface area contributed by atoms with Crippen LogP contribution in [0.4, 0.5) is 0 Å². The van der Waals surface area contributed by atoms with Gasteiger partial charge in [0.25, 0.3) is 0 Å². The number of aromatic nitrogens is 1. The van der Waals surface area contributed by atoms with E-state index in [0.29, 0.717) is 17.1 Å². The van der Waals surface area contributed by atoms with Crippen molar-refractivity contribution in [1.29, 1.82) is 0 Å². The van der Waals surface area contributed by atoms with Crippen LogP contribution in [0.1, 0.15) is 16.2 Å². The van der Waals surface area contributed by atoms with Crippen LogP contribution in [0.5, 0.6) is 11.5 Å². The summed E-state index contributed by atoms with van der Waals surface area (Å²) in [6.45, 7) is 1.75. The third-order valence-electron chi connectivity index (χ3n) is 2.62. The van der Waals surface area contributed by atoms with Crippen LogP contribution in [-0.4, -0.2) is 22.9 Å². The molecule has 1 aromatic carbocycles. The maximum Gasteiger partial charge on any atom is 0.358 e. The Morgan fingerprint density at radius 3 is 2.83 bits per heavy atom. The average molecular weight is 247 g/mol. The first-order valence-corrected chi connectivity index (χ1v) is 5.26. The Balaban J connectivity index is 2.05. The van der Waals surface area contributed by atoms with Crippen molar-refractivity contribution >= 4 is 5.97 Å². The molecule has 6 heteroatoms. The molecule has 2 aromatic rings. The largest absolute Gasteiger partial charge is 0.476 e. The monoisotopic (exact) mass is 247 g/mol. The van der Waals surface area contributed by atoms with Gasteiger partial charge in [-0.15, -0.1) is 0 Å². The predicted octanol–water partition coefficient (Wildman–Crippen LogP) is 2.08. The van der Waals surface area contributed by atoms with Gasteiger partial charge in [0.1, 0.15) is 5.76 Å². The Bertz CT molecular complexity index is 631. The summed E-state index contributed by atoms with van der Waals surface area (Å²) in [5.41, 5.74) is 0.567. The second-order valence-corrected chi connectivity index (χ2v) is 3.80. The van der Waals surface area contributed by atoms with Crippen LogP contribution in [-0.2, 0) is 0 Å². The lowest BCUT2D eigenvalue weighted by Gasteiger charge is -1.98. The smallest absolute Gasteiger partial charge is 0.358 e. The first-order valence-electron chi connectivity index (χ1n) is 5.26. The van der Waals surface area contributed by atoms with Crippen LogP contribution >= 0.6 is 0 Å². The van der Waals surface area contributed by atoms with E-state index in [2.05, 4.69) is 4.98 Å². The number of aryl methyl sites for hydroxylation is 1. The summed E-state index contributed by atoms with van der Waals surface area (Å²) in [6, 6.07) is 5.18. The molecule has 1 aromatic heterocycles. The van der Waals surface area contributed by atoms with E-state index in [1.807, 2.05) is 0 Å². The Hall–Kier alpha value is -2.50. The zero-order chi connectivity index (χ0) is 12.7. The number of fused-ring (bicyclic) bond motifs is 1. The molecule has 0 radical (unpaired) electrons. The lowest BCUT2D eigenvalue weighted by Crippen LogP contribution is -1.98. The van der Waals surface area contributed by atoms with Gasteiger partial charge in [-0.2, -0.15) is 0 Å². The zero-order valence-electron chi connectivity index (χ0n) is 9.47. The van der Waals surface area contributed by atoms with Gasteiger partial charge >= 0.3 is 5.97 Å². The number of hydrogen-bond acceptors (Lipinski definition) is 5. The fourth-order valence-corrected chi connectivity index (χ4v) is 1.75. The third-order valence-corrected chi connectivity index (χ3v) is 2.62. The molecule has 0 fully saturated rings. The lowest BCUT2D eigenvalue weighted by atomic mass is 10.2. The summed E-state index contributed by atoms with van der Waals surface area (Å²) in [5, 5.41) is 8.91. The summed E-state index contributed by atoms with van der Waals surface area (Å²) in [7, 11) is 0. The Kier molecular flexibility index (Phi) is 2.22. The van der Waals surface area contributed by atoms with Crippen molar-refractivity contribution in [3.63, 3.8) is 0 Å². The molecule has 1 N–H and O–H groups in total. The molecule has 0 unspecified atom stereocenters. The first-order chi connectivity index (χ1) is 8.65. The number of carboxylic acids is 1. The first kappa shape index (κ1) is 10.6. The summed E-state index contributed by atoms with van der Waals surface area (Å²) >= 11 is 0. The molecule has 2 heterocycles. The fraction of sp³-hybridized carbons (Fsp3) is 0.167. The Morgan fingerprint density at radius 1 is 1.33 bits per heavy atom. The number of nitrogens with zero attached hydrogens (tertiary/aromatic N) is 1. The van der Waals surface area contributed by atoms with Gasteiger partial charge in [0, 0.05) is 5.56 Å². The molecule has 0 atom stereocenters. The van der Waals surface area contributed by atoms with Crippen molar-refractivity contribution in [2.24, 2.45) is 0 Å². The van der Waals surface area contributed by atoms with Crippen molar-refractivity contribution < 1.29 is 23.8 Å². The second-order valence-electron chi connectivity index (χ2n) is 3.80. The van der Waals surface area contributed by atoms with Crippen LogP contribution in [0, 0.1) is 6.92 Å². The lowest BCUT2D eigenvalue weighted by molar-refractivity contribution is 0.0689. The normalized spacial score (nSPS) is 12.7. The highest BCUT2D eigenvalue weighted by molar-refractivity contribution is 5.87. The van der Waals surface area contributed by atoms with Crippen LogP contribution in [0.2, 0.25) is 0 Å². The molecule has 0 saturated heterocycles. The maximum absolute atomic E-state index is 10.9. The van der Waals surface area contributed by atoms with E-state index >= 15 is 0 Å². The van der Waals surface area contributed by atoms with Gasteiger partial charge in [-0.3, -0.25) is 0 Å². The van der Waals surface area contributed by atoms with Gasteiger partial charge in [0.15, 0.2) is 17.2 Å². The molecular weight excluding hydrogens is 238 g/mol. The van der Waals surface area contributed by atoms with Gasteiger partial charge in [0.05, 0.1) is 0 Å². The molecule has 1 aliphatic rings. The molecular formula is C12H9NO5. The van der Waals surface area contributed by atoms with Crippen LogP contribution < -0.4 is 9.47 Å². The van der Waals surface area contributed by atoms with Gasteiger partial charge in [0.2, 0.25) is 12.7 Å². The van der Waals surface area contributed by atoms with Crippen LogP contribution in [0.3, 0.4) is 0 Å². The highest BCUT2D eigenvalue weighted by atomic mass is 16.7. The topological polar surface area (TPSA) is 81.8 Å². The summed E-state index contributed by atoms with van der Waals surface area (Å²) < 4.78 is 15.8. The van der Waals surface area contributed by atoms with E-state index in [1.54, 1.807) is 25.1 Å². The molecule has 0 aliphatic carbocycles. The van der Waals surface area contributed by atoms with Gasteiger partial charge in [-0.1, -0.05) is 0 Å². The van der Waals surface area contributed by atoms with E-state index in [1.165, 1.54) is 0 Å². The van der Waals surface area contributed by atoms with Crippen LogP contribution in [0.15, 0.2) is 22.6 Å². The number of carboxylic acid groups (broad SMARTS) is 1. The minimum Gasteiger partial charge on any atom is -0.476 e. The number of carbonyl (C=O) groups is 1. The SMILES string of the molecule is Cc1oc(-c2ccc3c(c2)OCO3)nc1C(=O)O. The number of aromatic carboxylic acids is 1. The van der Waals surface area contributed by atoms with Crippen molar-refractivity contribution in [2.45, 2.75) is 6.92 Å². The quantitative estimate of drug-likeness (QED) is 0.874. The number of rotatable bonds is 2. The standard InChI is InChI=1S/C12H9NO5/c1-6-10(12(14)15)13-11(18-6)7-2-3-8-9(4-7)17-5-16-8/h2-4H,5H2,1H3,(H,14,15). The van der Waals surface area contributed by atoms with E-state index in [9.17, 15) is 4.79 Å². The molecule has 0 spiro atoms. The Morgan fingerprint density at radius 2 is 2.11 bits per heavy atom. The maximum atomic E-state index is 10.9. The van der Waals surface area contributed by atoms with Crippen molar-refractivity contribution in [1.82, 2.24) is 4.98 Å². The molecule has 0 saturated carbocycles. The van der Waals surface area contributed by atoms with E-state index in [-0.39, 0.29) is 24.1 Å². The minimum absolute atomic E-state index is 0.0809. The third kappa shape index (κ3) is 1.58. The molecule has 18 heavy (non-hydrogen) atoms. The summed E-state index contributed by atoms with van der Waals surface area (Å²) in [6.07, 6.45) is 0.